The van der Waals surface area contributed by atoms with E-state index in [1.54, 1.807) is 36.5 Å². The van der Waals surface area contributed by atoms with Gasteiger partial charge in [-0.2, -0.15) is 0 Å². The second kappa shape index (κ2) is 30.7. The van der Waals surface area contributed by atoms with Crippen LogP contribution in [0.3, 0.4) is 0 Å². The average molecular weight is 1180 g/mol. The number of pyridine rings is 3. The Kier molecular flexibility index (Phi) is 29.0. The molecule has 8 N–H and O–H groups in total. The fourth-order valence-corrected chi connectivity index (χ4v) is 7.03. The van der Waals surface area contributed by atoms with Crippen LogP contribution in [0.5, 0.6) is 0 Å². The highest BCUT2D eigenvalue weighted by molar-refractivity contribution is 9.11. The molecule has 3 aromatic rings. The predicted octanol–water partition coefficient (Wildman–Crippen LogP) is 10.2. The van der Waals surface area contributed by atoms with Crippen LogP contribution in [-0.4, -0.2) is 76.1 Å². The molecular weight excluding hydrogens is 1120 g/mol. The standard InChI is InChI=1S/C16H21BrCl3N3O.C8H6BrCl3N2O2.C8H17N.C6H5BrN2O.C2H4O/c1-2-10-3-6-12(7-4-10)22-15(16(18,19)20)23-14(24)13-8-5-11(17)9-21-13;9-4-1-2-5(13-3-4)6(15)14-7(16)8(10,11)12;1-2-7-3-5-8(9)6-4-7;7-4-1-2-5(6(8)10)9-3-4;1-2-3/h5,8-10,12,15,22H,2-4,6-7H2,1H3,(H,23,24);1-3,7,16H,(H,14,15);7-8H,2-6,9H2,1H3;1-3H,(H2,8,10);2H,1H3. The third-order valence-corrected chi connectivity index (χ3v) is 12.1. The molecule has 22 heteroatoms. The number of carbonyl (C=O) groups excluding carboxylic acids is 4. The maximum Gasteiger partial charge on any atom is 0.271 e. The van der Waals surface area contributed by atoms with Gasteiger partial charge in [0.25, 0.3) is 17.7 Å². The summed E-state index contributed by atoms with van der Waals surface area (Å²) < 4.78 is -1.27. The smallest absolute Gasteiger partial charge is 0.271 e. The molecule has 5 rings (SSSR count). The topological polar surface area (TPSA) is 215 Å². The molecule has 13 nitrogen and oxygen atoms in total. The van der Waals surface area contributed by atoms with Gasteiger partial charge in [-0.05, 0) is 154 Å². The maximum atomic E-state index is 12.3. The highest BCUT2D eigenvalue weighted by atomic mass is 79.9. The number of nitrogens with two attached hydrogens (primary N) is 2. The van der Waals surface area contributed by atoms with E-state index in [0.717, 1.165) is 57.2 Å². The minimum atomic E-state index is -1.98. The van der Waals surface area contributed by atoms with Crippen molar-refractivity contribution >= 4 is 141 Å². The normalized spacial score (nSPS) is 19.3. The lowest BCUT2D eigenvalue weighted by atomic mass is 9.84. The van der Waals surface area contributed by atoms with Crippen molar-refractivity contribution in [2.24, 2.45) is 23.3 Å². The van der Waals surface area contributed by atoms with E-state index in [4.69, 9.17) is 85.9 Å². The number of halogens is 9. The molecule has 3 amide bonds. The van der Waals surface area contributed by atoms with Crippen LogP contribution in [0.15, 0.2) is 68.4 Å². The van der Waals surface area contributed by atoms with Gasteiger partial charge in [-0.1, -0.05) is 96.3 Å². The van der Waals surface area contributed by atoms with Gasteiger partial charge >= 0.3 is 0 Å². The van der Waals surface area contributed by atoms with Gasteiger partial charge in [-0.25, -0.2) is 15.0 Å². The van der Waals surface area contributed by atoms with Gasteiger partial charge in [0.05, 0.1) is 0 Å². The number of amides is 3. The lowest BCUT2D eigenvalue weighted by molar-refractivity contribution is -0.106. The average Bonchev–Trinajstić information content (AvgIpc) is 3.22. The number of aldehydes is 1. The van der Waals surface area contributed by atoms with Crippen LogP contribution in [0.1, 0.15) is 116 Å². The van der Waals surface area contributed by atoms with Gasteiger partial charge in [-0.15, -0.1) is 0 Å². The van der Waals surface area contributed by atoms with Crippen molar-refractivity contribution in [1.82, 2.24) is 30.9 Å². The number of hydrogen-bond acceptors (Lipinski definition) is 10. The molecule has 0 aliphatic heterocycles. The van der Waals surface area contributed by atoms with Crippen LogP contribution < -0.4 is 27.4 Å². The zero-order chi connectivity index (χ0) is 47.0. The summed E-state index contributed by atoms with van der Waals surface area (Å²) in [5.41, 5.74) is 11.4. The van der Waals surface area contributed by atoms with Gasteiger partial charge in [-0.3, -0.25) is 19.7 Å². The van der Waals surface area contributed by atoms with E-state index in [1.165, 1.54) is 63.9 Å². The molecule has 2 fully saturated rings. The van der Waals surface area contributed by atoms with Crippen LogP contribution in [0.25, 0.3) is 0 Å². The lowest BCUT2D eigenvalue weighted by Crippen LogP contribution is -2.57. The molecule has 2 saturated carbocycles. The molecule has 0 saturated heterocycles. The van der Waals surface area contributed by atoms with E-state index in [0.29, 0.717) is 6.04 Å². The summed E-state index contributed by atoms with van der Waals surface area (Å²) in [7, 11) is 0. The SMILES string of the molecule is CC=O.CCC1CCC(N)CC1.CCC1CCC(NC(NC(=O)c2ccc(Br)cn2)C(Cl)(Cl)Cl)CC1.NC(=O)c1ccc(Br)cn1.O=C(NC(O)C(Cl)(Cl)Cl)c1ccc(Br)cn1. The summed E-state index contributed by atoms with van der Waals surface area (Å²) in [6.07, 6.45) is 15.1. The van der Waals surface area contributed by atoms with Gasteiger partial charge in [0.15, 0.2) is 6.23 Å². The van der Waals surface area contributed by atoms with Crippen molar-refractivity contribution < 1.29 is 24.3 Å². The van der Waals surface area contributed by atoms with Gasteiger partial charge in [0.2, 0.25) is 7.59 Å². The molecule has 3 heterocycles. The monoisotopic (exact) mass is 1170 g/mol. The Morgan fingerprint density at radius 1 is 0.710 bits per heavy atom. The fraction of sp³-hybridized carbons (Fsp3) is 0.525. The number of aliphatic hydroxyl groups excluding tert-OH is 1. The first-order valence-electron chi connectivity index (χ1n) is 19.5. The number of aromatic nitrogens is 3. The highest BCUT2D eigenvalue weighted by Gasteiger charge is 2.37. The minimum Gasteiger partial charge on any atom is -0.369 e. The molecule has 0 aromatic carbocycles. The molecule has 0 spiro atoms. The van der Waals surface area contributed by atoms with Crippen molar-refractivity contribution in [2.75, 3.05) is 0 Å². The van der Waals surface area contributed by atoms with Crippen LogP contribution in [0.4, 0.5) is 0 Å². The molecule has 2 atom stereocenters. The molecule has 3 aromatic heterocycles. The summed E-state index contributed by atoms with van der Waals surface area (Å²) >= 11 is 43.9. The van der Waals surface area contributed by atoms with Gasteiger partial charge < -0.3 is 32.0 Å². The number of primary amides is 1. The van der Waals surface area contributed by atoms with Crippen LogP contribution >= 0.6 is 117 Å². The fourth-order valence-electron chi connectivity index (χ4n) is 5.81. The minimum absolute atomic E-state index is 0.108. The van der Waals surface area contributed by atoms with Crippen molar-refractivity contribution in [3.05, 3.63) is 85.5 Å². The first-order valence-corrected chi connectivity index (χ1v) is 24.2. The van der Waals surface area contributed by atoms with Gasteiger partial charge in [0.1, 0.15) is 29.5 Å². The Bertz CT molecular complexity index is 1760. The number of rotatable bonds is 9. The van der Waals surface area contributed by atoms with E-state index in [2.05, 4.69) is 92.5 Å². The molecule has 346 valence electrons. The maximum absolute atomic E-state index is 12.3. The number of aliphatic hydroxyl groups is 1. The summed E-state index contributed by atoms with van der Waals surface area (Å²) in [4.78, 5) is 54.7. The zero-order valence-electron chi connectivity index (χ0n) is 34.3. The Hall–Kier alpha value is -1.41. The van der Waals surface area contributed by atoms with Crippen LogP contribution in [-0.2, 0) is 4.79 Å². The number of nitrogens with one attached hydrogen (secondary N) is 3. The molecular formula is C40H53Br3Cl6N8O5. The molecule has 0 radical (unpaired) electrons. The van der Waals surface area contributed by atoms with Crippen molar-refractivity contribution in [3.63, 3.8) is 0 Å². The second-order valence-corrected chi connectivity index (χ2v) is 21.5. The molecule has 0 bridgehead atoms. The van der Waals surface area contributed by atoms with E-state index >= 15 is 0 Å². The van der Waals surface area contributed by atoms with Crippen LogP contribution in [0.2, 0.25) is 0 Å². The second-order valence-electron chi connectivity index (χ2n) is 14.0. The summed E-state index contributed by atoms with van der Waals surface area (Å²) in [6.45, 7) is 5.94. The quantitative estimate of drug-likeness (QED) is 0.0677. The van der Waals surface area contributed by atoms with Crippen molar-refractivity contribution in [1.29, 1.82) is 0 Å². The molecule has 62 heavy (non-hydrogen) atoms. The molecule has 2 unspecified atom stereocenters. The molecule has 2 aliphatic rings. The third kappa shape index (κ3) is 24.8. The van der Waals surface area contributed by atoms with Crippen molar-refractivity contribution in [3.8, 4) is 0 Å². The van der Waals surface area contributed by atoms with E-state index in [-0.39, 0.29) is 29.0 Å². The zero-order valence-corrected chi connectivity index (χ0v) is 43.6. The van der Waals surface area contributed by atoms with Crippen LogP contribution in [0, 0.1) is 11.8 Å². The Morgan fingerprint density at radius 3 is 1.40 bits per heavy atom. The summed E-state index contributed by atoms with van der Waals surface area (Å²) in [5.74, 6) is 0.244. The Labute approximate surface area is 419 Å². The first kappa shape index (κ1) is 58.6. The number of hydrogen-bond donors (Lipinski definition) is 6. The van der Waals surface area contributed by atoms with Crippen molar-refractivity contribution in [2.45, 2.75) is 117 Å². The highest BCUT2D eigenvalue weighted by Crippen LogP contribution is 2.33. The van der Waals surface area contributed by atoms with Gasteiger partial charge in [0, 0.05) is 44.1 Å². The summed E-state index contributed by atoms with van der Waals surface area (Å²) in [6, 6.07) is 10.5. The first-order chi connectivity index (χ1) is 29.0. The predicted molar refractivity (Wildman–Crippen MR) is 261 cm³/mol. The molecule has 2 aliphatic carbocycles. The van der Waals surface area contributed by atoms with E-state index < -0.39 is 31.8 Å². The summed E-state index contributed by atoms with van der Waals surface area (Å²) in [5, 5.41) is 17.4. The lowest BCUT2D eigenvalue weighted by Gasteiger charge is -2.34. The third-order valence-electron chi connectivity index (χ3n) is 9.38. The Morgan fingerprint density at radius 2 is 1.08 bits per heavy atom. The Balaban J connectivity index is 0.000000435. The largest absolute Gasteiger partial charge is 0.369 e. The number of alkyl halides is 6. The number of carbonyl (C=O) groups is 4. The van der Waals surface area contributed by atoms with E-state index in [9.17, 15) is 19.5 Å². The number of nitrogens with zero attached hydrogens (tertiary/aromatic N) is 3. The van der Waals surface area contributed by atoms with E-state index in [1.807, 2.05) is 0 Å².